The number of nitrogens with two attached hydrogens (primary N) is 1. The Morgan fingerprint density at radius 3 is 2.56 bits per heavy atom. The smallest absolute Gasteiger partial charge is 0.326 e. The van der Waals surface area contributed by atoms with Crippen molar-refractivity contribution in [1.82, 2.24) is 4.57 Å². The highest BCUT2D eigenvalue weighted by molar-refractivity contribution is 5.87. The van der Waals surface area contributed by atoms with Crippen LogP contribution in [0.3, 0.4) is 0 Å². The lowest BCUT2D eigenvalue weighted by Gasteiger charge is -2.19. The van der Waals surface area contributed by atoms with Gasteiger partial charge in [-0.15, -0.1) is 0 Å². The fourth-order valence-corrected chi connectivity index (χ4v) is 2.61. The van der Waals surface area contributed by atoms with E-state index in [0.29, 0.717) is 5.75 Å². The molecule has 0 aliphatic rings. The molecule has 0 aliphatic heterocycles. The summed E-state index contributed by atoms with van der Waals surface area (Å²) in [6.45, 7) is 5.45. The van der Waals surface area contributed by atoms with Crippen LogP contribution in [0.1, 0.15) is 26.3 Å². The zero-order chi connectivity index (χ0) is 18.8. The molecule has 0 saturated carbocycles. The topological polar surface area (TPSA) is 104 Å². The van der Waals surface area contributed by atoms with E-state index in [1.807, 2.05) is 12.1 Å². The van der Waals surface area contributed by atoms with Gasteiger partial charge < -0.3 is 24.9 Å². The van der Waals surface area contributed by atoms with E-state index in [0.717, 1.165) is 16.5 Å². The Bertz CT molecular complexity index is 789. The molecule has 0 aliphatic carbocycles. The van der Waals surface area contributed by atoms with Crippen molar-refractivity contribution in [2.45, 2.75) is 45.4 Å². The van der Waals surface area contributed by atoms with E-state index >= 15 is 0 Å². The number of carbonyl (C=O) groups is 2. The lowest BCUT2D eigenvalue weighted by molar-refractivity contribution is -0.155. The molecule has 1 aromatic carbocycles. The molecule has 1 unspecified atom stereocenters. The molecule has 0 radical (unpaired) electrons. The molecule has 0 saturated heterocycles. The van der Waals surface area contributed by atoms with Gasteiger partial charge in [-0.2, -0.15) is 0 Å². The van der Waals surface area contributed by atoms with E-state index in [1.165, 1.54) is 0 Å². The molecule has 1 heterocycles. The summed E-state index contributed by atoms with van der Waals surface area (Å²) in [5.74, 6) is -0.794. The average Bonchev–Trinajstić information content (AvgIpc) is 2.82. The number of methoxy groups -OCH3 is 1. The van der Waals surface area contributed by atoms with Gasteiger partial charge in [-0.1, -0.05) is 0 Å². The third-order valence-corrected chi connectivity index (χ3v) is 3.65. The number of benzene rings is 1. The van der Waals surface area contributed by atoms with Gasteiger partial charge in [-0.25, -0.2) is 0 Å². The number of carboxylic acid groups (broad SMARTS) is 1. The number of esters is 1. The molecule has 1 aromatic heterocycles. The summed E-state index contributed by atoms with van der Waals surface area (Å²) in [5, 5.41) is 9.87. The number of nitrogens with zero attached hydrogens (tertiary/aromatic N) is 1. The van der Waals surface area contributed by atoms with Crippen LogP contribution in [0.25, 0.3) is 10.9 Å². The van der Waals surface area contributed by atoms with Crippen LogP contribution in [0.4, 0.5) is 0 Å². The van der Waals surface area contributed by atoms with Crippen molar-refractivity contribution in [3.8, 4) is 5.75 Å². The number of aliphatic carboxylic acids is 1. The summed E-state index contributed by atoms with van der Waals surface area (Å²) in [4.78, 5) is 23.2. The predicted molar refractivity (Wildman–Crippen MR) is 93.7 cm³/mol. The van der Waals surface area contributed by atoms with Crippen LogP contribution >= 0.6 is 0 Å². The van der Waals surface area contributed by atoms with Gasteiger partial charge in [-0.3, -0.25) is 9.59 Å². The first kappa shape index (κ1) is 18.8. The fraction of sp³-hybridized carbons (Fsp3) is 0.444. The molecule has 136 valence electrons. The molecule has 7 nitrogen and oxygen atoms in total. The Balaban J connectivity index is 2.40. The first-order valence-corrected chi connectivity index (χ1v) is 7.96. The Kier molecular flexibility index (Phi) is 5.37. The highest BCUT2D eigenvalue weighted by atomic mass is 16.6. The van der Waals surface area contributed by atoms with Crippen LogP contribution in [-0.4, -0.2) is 40.4 Å². The van der Waals surface area contributed by atoms with Crippen LogP contribution in [0.5, 0.6) is 5.75 Å². The van der Waals surface area contributed by atoms with Crippen LogP contribution in [0.2, 0.25) is 0 Å². The summed E-state index contributed by atoms with van der Waals surface area (Å²) < 4.78 is 12.3. The minimum atomic E-state index is -1.07. The standard InChI is InChI=1S/C18H24N2O5/c1-18(2,3)25-16(21)10-20-9-11(7-14(19)17(22)23)13-8-12(24-4)5-6-15(13)20/h5-6,8-9,14H,7,10,19H2,1-4H3,(H,22,23). The number of carboxylic acids is 1. The number of rotatable bonds is 6. The predicted octanol–water partition coefficient (Wildman–Crippen LogP) is 1.95. The third kappa shape index (κ3) is 4.73. The van der Waals surface area contributed by atoms with Gasteiger partial charge in [-0.05, 0) is 44.5 Å². The maximum Gasteiger partial charge on any atom is 0.326 e. The van der Waals surface area contributed by atoms with Gasteiger partial charge in [0, 0.05) is 23.5 Å². The van der Waals surface area contributed by atoms with Gasteiger partial charge in [0.15, 0.2) is 0 Å². The molecule has 0 fully saturated rings. The Morgan fingerprint density at radius 1 is 1.32 bits per heavy atom. The maximum atomic E-state index is 12.1. The number of hydrogen-bond acceptors (Lipinski definition) is 5. The van der Waals surface area contributed by atoms with Crippen LogP contribution in [-0.2, 0) is 27.3 Å². The van der Waals surface area contributed by atoms with Crippen molar-refractivity contribution < 1.29 is 24.2 Å². The van der Waals surface area contributed by atoms with Crippen molar-refractivity contribution in [1.29, 1.82) is 0 Å². The second-order valence-corrected chi connectivity index (χ2v) is 6.90. The van der Waals surface area contributed by atoms with E-state index in [2.05, 4.69) is 0 Å². The second kappa shape index (κ2) is 7.14. The zero-order valence-electron chi connectivity index (χ0n) is 14.9. The van der Waals surface area contributed by atoms with Crippen molar-refractivity contribution in [3.05, 3.63) is 30.0 Å². The summed E-state index contributed by atoms with van der Waals surface area (Å²) in [6, 6.07) is 4.40. The number of aromatic nitrogens is 1. The molecular weight excluding hydrogens is 324 g/mol. The van der Waals surface area contributed by atoms with Gasteiger partial charge in [0.1, 0.15) is 23.9 Å². The molecule has 1 atom stereocenters. The van der Waals surface area contributed by atoms with Crippen molar-refractivity contribution in [2.75, 3.05) is 7.11 Å². The number of ether oxygens (including phenoxy) is 2. The largest absolute Gasteiger partial charge is 0.497 e. The minimum Gasteiger partial charge on any atom is -0.497 e. The number of hydrogen-bond donors (Lipinski definition) is 2. The molecule has 2 rings (SSSR count). The van der Waals surface area contributed by atoms with Crippen LogP contribution in [0.15, 0.2) is 24.4 Å². The molecule has 0 amide bonds. The van der Waals surface area contributed by atoms with Crippen molar-refractivity contribution in [2.24, 2.45) is 5.73 Å². The van der Waals surface area contributed by atoms with Gasteiger partial charge in [0.25, 0.3) is 0 Å². The Hall–Kier alpha value is -2.54. The average molecular weight is 348 g/mol. The molecule has 0 spiro atoms. The summed E-state index contributed by atoms with van der Waals surface area (Å²) in [6.07, 6.45) is 1.90. The van der Waals surface area contributed by atoms with Gasteiger partial charge in [0.2, 0.25) is 0 Å². The van der Waals surface area contributed by atoms with E-state index in [-0.39, 0.29) is 18.9 Å². The minimum absolute atomic E-state index is 0.0302. The first-order chi connectivity index (χ1) is 11.6. The molecular formula is C18H24N2O5. The summed E-state index contributed by atoms with van der Waals surface area (Å²) in [7, 11) is 1.56. The monoisotopic (exact) mass is 348 g/mol. The summed E-state index contributed by atoms with van der Waals surface area (Å²) in [5.41, 5.74) is 6.63. The van der Waals surface area contributed by atoms with Crippen molar-refractivity contribution in [3.63, 3.8) is 0 Å². The number of fused-ring (bicyclic) bond motifs is 1. The van der Waals surface area contributed by atoms with E-state index in [1.54, 1.807) is 44.7 Å². The van der Waals surface area contributed by atoms with E-state index in [4.69, 9.17) is 20.3 Å². The molecule has 7 heteroatoms. The number of carbonyl (C=O) groups excluding carboxylic acids is 1. The van der Waals surface area contributed by atoms with Crippen LogP contribution < -0.4 is 10.5 Å². The molecule has 25 heavy (non-hydrogen) atoms. The molecule has 2 aromatic rings. The maximum absolute atomic E-state index is 12.1. The Morgan fingerprint density at radius 2 is 2.00 bits per heavy atom. The van der Waals surface area contributed by atoms with E-state index in [9.17, 15) is 9.59 Å². The Labute approximate surface area is 146 Å². The lowest BCUT2D eigenvalue weighted by Crippen LogP contribution is -2.32. The molecule has 0 bridgehead atoms. The van der Waals surface area contributed by atoms with E-state index < -0.39 is 17.6 Å². The lowest BCUT2D eigenvalue weighted by atomic mass is 10.1. The SMILES string of the molecule is COc1ccc2c(c1)c(CC(N)C(=O)O)cn2CC(=O)OC(C)(C)C. The van der Waals surface area contributed by atoms with Gasteiger partial charge >= 0.3 is 11.9 Å². The van der Waals surface area contributed by atoms with Crippen molar-refractivity contribution >= 4 is 22.8 Å². The highest BCUT2D eigenvalue weighted by Gasteiger charge is 2.20. The zero-order valence-corrected chi connectivity index (χ0v) is 14.9. The summed E-state index contributed by atoms with van der Waals surface area (Å²) >= 11 is 0. The third-order valence-electron chi connectivity index (χ3n) is 3.65. The quantitative estimate of drug-likeness (QED) is 0.773. The van der Waals surface area contributed by atoms with Crippen LogP contribution in [0, 0.1) is 0 Å². The fourth-order valence-electron chi connectivity index (χ4n) is 2.61. The second-order valence-electron chi connectivity index (χ2n) is 6.90. The molecule has 3 N–H and O–H groups in total. The van der Waals surface area contributed by atoms with Gasteiger partial charge in [0.05, 0.1) is 7.11 Å². The first-order valence-electron chi connectivity index (χ1n) is 7.96. The highest BCUT2D eigenvalue weighted by Crippen LogP contribution is 2.27. The normalized spacial score (nSPS) is 12.8.